The molecule has 2 heterocycles. The van der Waals surface area contributed by atoms with E-state index in [9.17, 15) is 0 Å². The van der Waals surface area contributed by atoms with Gasteiger partial charge in [0.05, 0.1) is 10.6 Å². The number of H-pyrrole nitrogens is 1. The molecule has 0 bridgehead atoms. The first-order valence-electron chi connectivity index (χ1n) is 8.29. The van der Waals surface area contributed by atoms with Crippen LogP contribution in [0.5, 0.6) is 0 Å². The van der Waals surface area contributed by atoms with Crippen molar-refractivity contribution in [3.8, 4) is 22.0 Å². The Balaban J connectivity index is 1.66. The molecule has 3 heteroatoms. The molecule has 0 spiro atoms. The zero-order chi connectivity index (χ0) is 16.5. The van der Waals surface area contributed by atoms with E-state index in [1.165, 1.54) is 20.9 Å². The van der Waals surface area contributed by atoms with Crippen molar-refractivity contribution in [2.24, 2.45) is 0 Å². The van der Waals surface area contributed by atoms with Gasteiger partial charge in [-0.1, -0.05) is 48.1 Å². The Morgan fingerprint density at radius 3 is 2.46 bits per heavy atom. The summed E-state index contributed by atoms with van der Waals surface area (Å²) in [6.07, 6.45) is 6.80. The number of hydrogen-bond acceptors (Lipinski definition) is 2. The molecule has 1 aliphatic carbocycles. The molecule has 2 aromatic heterocycles. The zero-order valence-corrected chi connectivity index (χ0v) is 14.8. The molecule has 0 unspecified atom stereocenters. The summed E-state index contributed by atoms with van der Waals surface area (Å²) in [6, 6.07) is 14.8. The lowest BCUT2D eigenvalue weighted by atomic mass is 9.99. The van der Waals surface area contributed by atoms with E-state index in [4.69, 9.17) is 4.98 Å². The fourth-order valence-corrected chi connectivity index (χ4v) is 4.04. The van der Waals surface area contributed by atoms with Crippen molar-refractivity contribution < 1.29 is 0 Å². The van der Waals surface area contributed by atoms with Gasteiger partial charge in [0.2, 0.25) is 0 Å². The topological polar surface area (TPSA) is 28.7 Å². The highest BCUT2D eigenvalue weighted by Gasteiger charge is 2.14. The molecule has 4 rings (SSSR count). The quantitative estimate of drug-likeness (QED) is 0.604. The molecule has 0 fully saturated rings. The number of nitrogens with one attached hydrogen (secondary N) is 1. The molecule has 120 valence electrons. The molecule has 24 heavy (non-hydrogen) atoms. The maximum atomic E-state index is 4.84. The number of aromatic nitrogens is 2. The second-order valence-electron chi connectivity index (χ2n) is 6.29. The van der Waals surface area contributed by atoms with E-state index in [-0.39, 0.29) is 0 Å². The molecule has 0 amide bonds. The molecular weight excluding hydrogens is 312 g/mol. The van der Waals surface area contributed by atoms with Gasteiger partial charge in [-0.15, -0.1) is 11.3 Å². The standard InChI is InChI=1S/C21H20N2S/c1-14-8-10-16(11-9-14)18-12-13-19(24-18)21-22-15(2)20(23-21)17-6-4-3-5-7-17/h3-8,10,12-13H,9,11H2,1-2H3,(H,22,23). The van der Waals surface area contributed by atoms with E-state index in [1.807, 2.05) is 17.4 Å². The van der Waals surface area contributed by atoms with Crippen molar-refractivity contribution in [3.05, 3.63) is 70.8 Å². The summed E-state index contributed by atoms with van der Waals surface area (Å²) in [5, 5.41) is 0. The highest BCUT2D eigenvalue weighted by molar-refractivity contribution is 7.16. The highest BCUT2D eigenvalue weighted by Crippen LogP contribution is 2.35. The summed E-state index contributed by atoms with van der Waals surface area (Å²) in [5.41, 5.74) is 6.20. The van der Waals surface area contributed by atoms with Crippen LogP contribution in [0.4, 0.5) is 0 Å². The zero-order valence-electron chi connectivity index (χ0n) is 14.0. The van der Waals surface area contributed by atoms with Gasteiger partial charge >= 0.3 is 0 Å². The number of benzene rings is 1. The number of hydrogen-bond donors (Lipinski definition) is 1. The monoisotopic (exact) mass is 332 g/mol. The number of thiophene rings is 1. The number of rotatable bonds is 3. The highest BCUT2D eigenvalue weighted by atomic mass is 32.1. The summed E-state index contributed by atoms with van der Waals surface area (Å²) in [6.45, 7) is 4.29. The van der Waals surface area contributed by atoms with Crippen LogP contribution in [-0.2, 0) is 0 Å². The van der Waals surface area contributed by atoms with Crippen molar-refractivity contribution in [1.82, 2.24) is 9.97 Å². The van der Waals surface area contributed by atoms with Crippen LogP contribution in [-0.4, -0.2) is 9.97 Å². The normalized spacial score (nSPS) is 14.4. The number of allylic oxidation sites excluding steroid dienone is 4. The summed E-state index contributed by atoms with van der Waals surface area (Å²) in [5.74, 6) is 0.964. The van der Waals surface area contributed by atoms with Crippen LogP contribution in [0.15, 0.2) is 60.2 Å². The Hall–Kier alpha value is -2.39. The minimum Gasteiger partial charge on any atom is -0.341 e. The second kappa shape index (κ2) is 6.25. The van der Waals surface area contributed by atoms with Crippen LogP contribution >= 0.6 is 11.3 Å². The molecule has 1 aliphatic rings. The smallest absolute Gasteiger partial charge is 0.148 e. The average Bonchev–Trinajstić information content (AvgIpc) is 3.23. The lowest BCUT2D eigenvalue weighted by Gasteiger charge is -2.09. The van der Waals surface area contributed by atoms with E-state index in [1.54, 1.807) is 0 Å². The number of imidazole rings is 1. The Morgan fingerprint density at radius 1 is 0.917 bits per heavy atom. The van der Waals surface area contributed by atoms with Crippen molar-refractivity contribution in [1.29, 1.82) is 0 Å². The number of aromatic amines is 1. The van der Waals surface area contributed by atoms with Gasteiger partial charge < -0.3 is 4.98 Å². The first-order chi connectivity index (χ1) is 11.7. The van der Waals surface area contributed by atoms with Gasteiger partial charge in [-0.05, 0) is 44.4 Å². The minimum absolute atomic E-state index is 0.964. The van der Waals surface area contributed by atoms with Crippen LogP contribution in [0.3, 0.4) is 0 Å². The third-order valence-corrected chi connectivity index (χ3v) is 5.61. The third kappa shape index (κ3) is 2.87. The Labute approximate surface area is 146 Å². The van der Waals surface area contributed by atoms with E-state index >= 15 is 0 Å². The second-order valence-corrected chi connectivity index (χ2v) is 7.38. The van der Waals surface area contributed by atoms with Crippen molar-refractivity contribution >= 4 is 16.9 Å². The molecule has 3 aromatic rings. The summed E-state index contributed by atoms with van der Waals surface area (Å²) in [4.78, 5) is 10.8. The lowest BCUT2D eigenvalue weighted by Crippen LogP contribution is -1.88. The Kier molecular flexibility index (Phi) is 3.95. The molecule has 0 saturated carbocycles. The molecular formula is C21H20N2S. The average molecular weight is 332 g/mol. The largest absolute Gasteiger partial charge is 0.341 e. The van der Waals surface area contributed by atoms with Crippen LogP contribution < -0.4 is 0 Å². The summed E-state index contributed by atoms with van der Waals surface area (Å²) >= 11 is 1.82. The number of nitrogens with zero attached hydrogens (tertiary/aromatic N) is 1. The van der Waals surface area contributed by atoms with Crippen LogP contribution in [0.1, 0.15) is 30.3 Å². The van der Waals surface area contributed by atoms with Gasteiger partial charge in [0, 0.05) is 16.1 Å². The van der Waals surface area contributed by atoms with Gasteiger partial charge in [0.1, 0.15) is 5.82 Å². The van der Waals surface area contributed by atoms with Crippen LogP contribution in [0, 0.1) is 6.92 Å². The van der Waals surface area contributed by atoms with E-state index < -0.39 is 0 Å². The van der Waals surface area contributed by atoms with Gasteiger partial charge in [-0.3, -0.25) is 0 Å². The van der Waals surface area contributed by atoms with E-state index in [0.717, 1.165) is 35.6 Å². The van der Waals surface area contributed by atoms with Gasteiger partial charge in [0.15, 0.2) is 0 Å². The fraction of sp³-hybridized carbons (Fsp3) is 0.190. The first kappa shape index (κ1) is 15.2. The Morgan fingerprint density at radius 2 is 1.71 bits per heavy atom. The van der Waals surface area contributed by atoms with Crippen molar-refractivity contribution in [2.75, 3.05) is 0 Å². The predicted octanol–water partition coefficient (Wildman–Crippen LogP) is 6.24. The molecule has 2 nitrogen and oxygen atoms in total. The lowest BCUT2D eigenvalue weighted by molar-refractivity contribution is 0.980. The minimum atomic E-state index is 0.964. The van der Waals surface area contributed by atoms with Gasteiger partial charge in [-0.2, -0.15) is 0 Å². The maximum absolute atomic E-state index is 4.84. The summed E-state index contributed by atoms with van der Waals surface area (Å²) < 4.78 is 0. The molecule has 1 N–H and O–H groups in total. The van der Waals surface area contributed by atoms with Crippen molar-refractivity contribution in [2.45, 2.75) is 26.7 Å². The molecule has 1 aromatic carbocycles. The molecule has 0 atom stereocenters. The predicted molar refractivity (Wildman–Crippen MR) is 103 cm³/mol. The first-order valence-corrected chi connectivity index (χ1v) is 9.11. The van der Waals surface area contributed by atoms with Gasteiger partial charge in [-0.25, -0.2) is 4.98 Å². The fourth-order valence-electron chi connectivity index (χ4n) is 3.04. The number of aryl methyl sites for hydroxylation is 1. The summed E-state index contributed by atoms with van der Waals surface area (Å²) in [7, 11) is 0. The van der Waals surface area contributed by atoms with Gasteiger partial charge in [0.25, 0.3) is 0 Å². The van der Waals surface area contributed by atoms with E-state index in [0.29, 0.717) is 0 Å². The maximum Gasteiger partial charge on any atom is 0.148 e. The molecule has 0 radical (unpaired) electrons. The Bertz CT molecular complexity index is 926. The van der Waals surface area contributed by atoms with Crippen LogP contribution in [0.2, 0.25) is 0 Å². The van der Waals surface area contributed by atoms with Crippen LogP contribution in [0.25, 0.3) is 27.5 Å². The third-order valence-electron chi connectivity index (χ3n) is 4.45. The van der Waals surface area contributed by atoms with Crippen molar-refractivity contribution in [3.63, 3.8) is 0 Å². The molecule has 0 aliphatic heterocycles. The van der Waals surface area contributed by atoms with E-state index in [2.05, 4.69) is 67.4 Å². The molecule has 0 saturated heterocycles. The SMILES string of the molecule is CC1=CC=C(c2ccc(-c3nc(-c4ccccc4)c(C)[nH]3)s2)CC1.